The van der Waals surface area contributed by atoms with Crippen LogP contribution in [-0.2, 0) is 4.79 Å². The highest BCUT2D eigenvalue weighted by molar-refractivity contribution is 8.00. The molecule has 0 aliphatic rings. The van der Waals surface area contributed by atoms with Gasteiger partial charge in [-0.3, -0.25) is 4.79 Å². The minimum absolute atomic E-state index is 0.0466. The summed E-state index contributed by atoms with van der Waals surface area (Å²) in [5, 5.41) is 6.77. The van der Waals surface area contributed by atoms with Gasteiger partial charge in [-0.05, 0) is 36.1 Å². The Hall–Kier alpha value is -2.70. The number of hydrogen-bond donors (Lipinski definition) is 1. The summed E-state index contributed by atoms with van der Waals surface area (Å²) in [5.74, 6) is 0.944. The molecule has 6 heteroatoms. The van der Waals surface area contributed by atoms with Crippen molar-refractivity contribution in [2.75, 3.05) is 11.1 Å². The predicted octanol–water partition coefficient (Wildman–Crippen LogP) is 5.40. The number of para-hydroxylation sites is 2. The van der Waals surface area contributed by atoms with Gasteiger partial charge in [-0.15, -0.1) is 11.3 Å². The van der Waals surface area contributed by atoms with Crippen LogP contribution in [0.1, 0.15) is 5.56 Å². The maximum absolute atomic E-state index is 12.4. The highest BCUT2D eigenvalue weighted by Crippen LogP contribution is 2.30. The third-order valence-electron chi connectivity index (χ3n) is 4.07. The van der Waals surface area contributed by atoms with E-state index >= 15 is 0 Å². The Kier molecular flexibility index (Phi) is 5.18. The van der Waals surface area contributed by atoms with Crippen LogP contribution in [0.4, 0.5) is 5.69 Å². The third-order valence-corrected chi connectivity index (χ3v) is 5.93. The van der Waals surface area contributed by atoms with E-state index in [1.165, 1.54) is 11.8 Å². The lowest BCUT2D eigenvalue weighted by Gasteiger charge is -2.09. The van der Waals surface area contributed by atoms with Gasteiger partial charge in [-0.25, -0.2) is 9.97 Å². The number of thioether (sulfide) groups is 1. The molecule has 1 N–H and O–H groups in total. The van der Waals surface area contributed by atoms with Crippen molar-refractivity contribution in [3.63, 3.8) is 0 Å². The van der Waals surface area contributed by atoms with Gasteiger partial charge in [0.05, 0.1) is 16.1 Å². The Bertz CT molecular complexity index is 1090. The van der Waals surface area contributed by atoms with E-state index in [2.05, 4.69) is 10.3 Å². The van der Waals surface area contributed by atoms with Gasteiger partial charge in [-0.2, -0.15) is 0 Å². The van der Waals surface area contributed by atoms with Gasteiger partial charge >= 0.3 is 0 Å². The number of amides is 1. The molecule has 4 aromatic rings. The second kappa shape index (κ2) is 7.90. The lowest BCUT2D eigenvalue weighted by atomic mass is 10.2. The Balaban J connectivity index is 1.58. The first-order chi connectivity index (χ1) is 13.2. The molecule has 0 radical (unpaired) electrons. The third kappa shape index (κ3) is 4.02. The fraction of sp³-hybridized carbons (Fsp3) is 0.0952. The standard InChI is InChI=1S/C21H17N3OS2/c1-14-7-2-4-9-16(14)22-19(25)13-27-21-15-8-3-5-10-17(15)23-20(24-21)18-11-6-12-26-18/h2-12H,13H2,1H3,(H,22,25). The Labute approximate surface area is 165 Å². The molecular formula is C21H17N3OS2. The summed E-state index contributed by atoms with van der Waals surface area (Å²) in [6, 6.07) is 19.7. The van der Waals surface area contributed by atoms with Crippen molar-refractivity contribution in [2.45, 2.75) is 11.9 Å². The van der Waals surface area contributed by atoms with Gasteiger partial charge in [0, 0.05) is 11.1 Å². The van der Waals surface area contributed by atoms with Gasteiger partial charge < -0.3 is 5.32 Å². The zero-order valence-corrected chi connectivity index (χ0v) is 16.3. The lowest BCUT2D eigenvalue weighted by molar-refractivity contribution is -0.113. The fourth-order valence-electron chi connectivity index (χ4n) is 2.71. The van der Waals surface area contributed by atoms with Crippen molar-refractivity contribution in [1.29, 1.82) is 0 Å². The largest absolute Gasteiger partial charge is 0.325 e. The molecule has 134 valence electrons. The summed E-state index contributed by atoms with van der Waals surface area (Å²) < 4.78 is 0. The van der Waals surface area contributed by atoms with Crippen molar-refractivity contribution in [2.24, 2.45) is 0 Å². The summed E-state index contributed by atoms with van der Waals surface area (Å²) in [7, 11) is 0. The molecule has 4 rings (SSSR count). The number of fused-ring (bicyclic) bond motifs is 1. The number of thiophene rings is 1. The number of benzene rings is 2. The molecule has 0 bridgehead atoms. The summed E-state index contributed by atoms with van der Waals surface area (Å²) >= 11 is 3.04. The second-order valence-electron chi connectivity index (χ2n) is 6.00. The molecular weight excluding hydrogens is 374 g/mol. The number of nitrogens with one attached hydrogen (secondary N) is 1. The molecule has 0 aliphatic heterocycles. The van der Waals surface area contributed by atoms with Gasteiger partial charge in [0.2, 0.25) is 5.91 Å². The predicted molar refractivity (Wildman–Crippen MR) is 113 cm³/mol. The monoisotopic (exact) mass is 391 g/mol. The van der Waals surface area contributed by atoms with Crippen molar-refractivity contribution in [1.82, 2.24) is 9.97 Å². The smallest absolute Gasteiger partial charge is 0.234 e. The fourth-order valence-corrected chi connectivity index (χ4v) is 4.18. The van der Waals surface area contributed by atoms with Gasteiger partial charge in [0.25, 0.3) is 0 Å². The molecule has 0 spiro atoms. The van der Waals surface area contributed by atoms with E-state index < -0.39 is 0 Å². The quantitative estimate of drug-likeness (QED) is 0.366. The Morgan fingerprint density at radius 2 is 1.85 bits per heavy atom. The first-order valence-electron chi connectivity index (χ1n) is 8.49. The maximum atomic E-state index is 12.4. The molecule has 0 atom stereocenters. The van der Waals surface area contributed by atoms with Crippen LogP contribution in [-0.4, -0.2) is 21.6 Å². The van der Waals surface area contributed by atoms with Crippen LogP contribution in [0.25, 0.3) is 21.6 Å². The van der Waals surface area contributed by atoms with Gasteiger partial charge in [0.15, 0.2) is 5.82 Å². The van der Waals surface area contributed by atoms with Crippen LogP contribution in [0.15, 0.2) is 71.1 Å². The van der Waals surface area contributed by atoms with Crippen LogP contribution >= 0.6 is 23.1 Å². The van der Waals surface area contributed by atoms with E-state index in [1.54, 1.807) is 11.3 Å². The van der Waals surface area contributed by atoms with E-state index in [1.807, 2.05) is 73.0 Å². The number of carbonyl (C=O) groups is 1. The Morgan fingerprint density at radius 3 is 2.67 bits per heavy atom. The molecule has 0 fully saturated rings. The second-order valence-corrected chi connectivity index (χ2v) is 7.91. The minimum Gasteiger partial charge on any atom is -0.325 e. The topological polar surface area (TPSA) is 54.9 Å². The lowest BCUT2D eigenvalue weighted by Crippen LogP contribution is -2.15. The van der Waals surface area contributed by atoms with Crippen LogP contribution in [0, 0.1) is 6.92 Å². The zero-order valence-electron chi connectivity index (χ0n) is 14.7. The molecule has 2 aromatic carbocycles. The number of carbonyl (C=O) groups excluding carboxylic acids is 1. The first-order valence-corrected chi connectivity index (χ1v) is 10.4. The molecule has 27 heavy (non-hydrogen) atoms. The highest BCUT2D eigenvalue weighted by atomic mass is 32.2. The maximum Gasteiger partial charge on any atom is 0.234 e. The molecule has 4 nitrogen and oxygen atoms in total. The van der Waals surface area contributed by atoms with E-state index in [9.17, 15) is 4.79 Å². The van der Waals surface area contributed by atoms with Crippen molar-refractivity contribution in [3.05, 3.63) is 71.6 Å². The first kappa shape index (κ1) is 17.7. The van der Waals surface area contributed by atoms with E-state index in [4.69, 9.17) is 4.98 Å². The van der Waals surface area contributed by atoms with E-state index in [-0.39, 0.29) is 5.91 Å². The van der Waals surface area contributed by atoms with Crippen LogP contribution in [0.5, 0.6) is 0 Å². The number of aryl methyl sites for hydroxylation is 1. The van der Waals surface area contributed by atoms with E-state index in [0.29, 0.717) is 11.6 Å². The number of rotatable bonds is 5. The summed E-state index contributed by atoms with van der Waals surface area (Å²) in [6.45, 7) is 1.98. The molecule has 0 aliphatic carbocycles. The molecule has 1 amide bonds. The highest BCUT2D eigenvalue weighted by Gasteiger charge is 2.12. The van der Waals surface area contributed by atoms with Crippen LogP contribution in [0.2, 0.25) is 0 Å². The van der Waals surface area contributed by atoms with Crippen molar-refractivity contribution < 1.29 is 4.79 Å². The summed E-state index contributed by atoms with van der Waals surface area (Å²) in [4.78, 5) is 22.8. The normalized spacial score (nSPS) is 10.9. The average molecular weight is 392 g/mol. The molecule has 2 heterocycles. The molecule has 0 saturated carbocycles. The molecule has 0 unspecified atom stereocenters. The average Bonchev–Trinajstić information content (AvgIpc) is 3.22. The van der Waals surface area contributed by atoms with Crippen LogP contribution < -0.4 is 5.32 Å². The summed E-state index contributed by atoms with van der Waals surface area (Å²) in [5.41, 5.74) is 2.77. The zero-order chi connectivity index (χ0) is 18.6. The number of aromatic nitrogens is 2. The summed E-state index contributed by atoms with van der Waals surface area (Å²) in [6.07, 6.45) is 0. The minimum atomic E-state index is -0.0466. The van der Waals surface area contributed by atoms with Crippen LogP contribution in [0.3, 0.4) is 0 Å². The SMILES string of the molecule is Cc1ccccc1NC(=O)CSc1nc(-c2cccs2)nc2ccccc12. The van der Waals surface area contributed by atoms with Gasteiger partial charge in [0.1, 0.15) is 5.03 Å². The number of anilines is 1. The number of hydrogen-bond acceptors (Lipinski definition) is 5. The van der Waals surface area contributed by atoms with Gasteiger partial charge in [-0.1, -0.05) is 54.2 Å². The van der Waals surface area contributed by atoms with E-state index in [0.717, 1.165) is 32.1 Å². The molecule has 0 saturated heterocycles. The Morgan fingerprint density at radius 1 is 1.04 bits per heavy atom. The van der Waals surface area contributed by atoms with Crippen molar-refractivity contribution >= 4 is 45.6 Å². The molecule has 2 aromatic heterocycles. The number of nitrogens with zero attached hydrogens (tertiary/aromatic N) is 2. The van der Waals surface area contributed by atoms with Crippen molar-refractivity contribution in [3.8, 4) is 10.7 Å².